The first kappa shape index (κ1) is 22.3. The van der Waals surface area contributed by atoms with Crippen LogP contribution in [-0.4, -0.2) is 54.5 Å². The molecule has 0 aromatic heterocycles. The van der Waals surface area contributed by atoms with Crippen LogP contribution in [0.15, 0.2) is 52.3 Å². The van der Waals surface area contributed by atoms with Gasteiger partial charge in [0.05, 0.1) is 11.4 Å². The van der Waals surface area contributed by atoms with Gasteiger partial charge in [-0.3, -0.25) is 14.6 Å². The maximum atomic E-state index is 13.3. The third-order valence-corrected chi connectivity index (χ3v) is 8.39. The van der Waals surface area contributed by atoms with E-state index in [-0.39, 0.29) is 5.91 Å². The zero-order valence-corrected chi connectivity index (χ0v) is 20.2. The second kappa shape index (κ2) is 10.2. The maximum Gasteiger partial charge on any atom is 0.231 e. The largest absolute Gasteiger partial charge is 0.301 e. The Labute approximate surface area is 200 Å². The van der Waals surface area contributed by atoms with Gasteiger partial charge in [0, 0.05) is 46.9 Å². The lowest BCUT2D eigenvalue weighted by atomic mass is 10.1. The van der Waals surface area contributed by atoms with Gasteiger partial charge in [0.1, 0.15) is 0 Å². The van der Waals surface area contributed by atoms with Gasteiger partial charge in [0.15, 0.2) is 0 Å². The summed E-state index contributed by atoms with van der Waals surface area (Å²) in [6.45, 7) is 6.25. The Morgan fingerprint density at radius 3 is 2.75 bits per heavy atom. The monoisotopic (exact) mass is 469 g/mol. The summed E-state index contributed by atoms with van der Waals surface area (Å²) in [6, 6.07) is 14.8. The molecule has 0 radical (unpaired) electrons. The number of nitrogens with zero attached hydrogens (tertiary/aromatic N) is 3. The van der Waals surface area contributed by atoms with E-state index >= 15 is 0 Å². The lowest BCUT2D eigenvalue weighted by Crippen LogP contribution is -2.50. The summed E-state index contributed by atoms with van der Waals surface area (Å²) < 4.78 is 0. The van der Waals surface area contributed by atoms with Crippen LogP contribution >= 0.6 is 23.4 Å². The van der Waals surface area contributed by atoms with E-state index in [1.807, 2.05) is 41.3 Å². The lowest BCUT2D eigenvalue weighted by Gasteiger charge is -2.37. The molecule has 5 rings (SSSR count). The number of rotatable bonds is 7. The van der Waals surface area contributed by atoms with Gasteiger partial charge in [0.25, 0.3) is 0 Å². The van der Waals surface area contributed by atoms with Crippen LogP contribution < -0.4 is 4.90 Å². The SMILES string of the molecule is O=C(CCCCCCN1CCN2CCCC2C1)N1c2ccccc2Sc2ccc(Cl)cc21. The Morgan fingerprint density at radius 2 is 1.81 bits per heavy atom. The summed E-state index contributed by atoms with van der Waals surface area (Å²) in [5.74, 6) is 0.165. The molecule has 3 aliphatic rings. The van der Waals surface area contributed by atoms with Crippen molar-refractivity contribution in [3.8, 4) is 0 Å². The highest BCUT2D eigenvalue weighted by molar-refractivity contribution is 7.99. The molecule has 2 saturated heterocycles. The molecule has 3 aliphatic heterocycles. The lowest BCUT2D eigenvalue weighted by molar-refractivity contribution is -0.118. The van der Waals surface area contributed by atoms with Crippen molar-refractivity contribution in [2.75, 3.05) is 37.6 Å². The average Bonchev–Trinajstić information content (AvgIpc) is 3.27. The van der Waals surface area contributed by atoms with E-state index in [0.717, 1.165) is 40.0 Å². The fourth-order valence-corrected chi connectivity index (χ4v) is 6.54. The van der Waals surface area contributed by atoms with Gasteiger partial charge in [-0.15, -0.1) is 0 Å². The van der Waals surface area contributed by atoms with E-state index in [1.165, 1.54) is 58.4 Å². The molecule has 1 atom stereocenters. The van der Waals surface area contributed by atoms with Gasteiger partial charge in [-0.05, 0) is 69.1 Å². The number of amides is 1. The summed E-state index contributed by atoms with van der Waals surface area (Å²) in [5, 5.41) is 0.667. The van der Waals surface area contributed by atoms with Gasteiger partial charge in [-0.25, -0.2) is 0 Å². The van der Waals surface area contributed by atoms with Crippen LogP contribution in [0.4, 0.5) is 11.4 Å². The molecule has 32 heavy (non-hydrogen) atoms. The predicted octanol–water partition coefficient (Wildman–Crippen LogP) is 6.20. The molecule has 170 valence electrons. The fourth-order valence-electron chi connectivity index (χ4n) is 5.33. The van der Waals surface area contributed by atoms with Crippen molar-refractivity contribution in [2.24, 2.45) is 0 Å². The molecule has 1 unspecified atom stereocenters. The van der Waals surface area contributed by atoms with Crippen molar-refractivity contribution in [1.29, 1.82) is 0 Å². The third kappa shape index (κ3) is 4.86. The molecule has 2 aromatic carbocycles. The predicted molar refractivity (Wildman–Crippen MR) is 133 cm³/mol. The third-order valence-electron chi connectivity index (χ3n) is 7.02. The summed E-state index contributed by atoms with van der Waals surface area (Å²) >= 11 is 7.98. The molecule has 0 N–H and O–H groups in total. The summed E-state index contributed by atoms with van der Waals surface area (Å²) in [5.41, 5.74) is 1.89. The highest BCUT2D eigenvalue weighted by Crippen LogP contribution is 2.49. The number of carbonyl (C=O) groups excluding carboxylic acids is 1. The van der Waals surface area contributed by atoms with Crippen LogP contribution in [0, 0.1) is 0 Å². The van der Waals surface area contributed by atoms with Gasteiger partial charge < -0.3 is 4.90 Å². The Hall–Kier alpha value is -1.53. The van der Waals surface area contributed by atoms with Gasteiger partial charge in [0.2, 0.25) is 5.91 Å². The summed E-state index contributed by atoms with van der Waals surface area (Å²) in [7, 11) is 0. The van der Waals surface area contributed by atoms with Crippen LogP contribution in [0.5, 0.6) is 0 Å². The number of halogens is 1. The molecule has 2 aromatic rings. The molecule has 0 aliphatic carbocycles. The molecule has 0 spiro atoms. The average molecular weight is 470 g/mol. The highest BCUT2D eigenvalue weighted by atomic mass is 35.5. The number of hydrogen-bond acceptors (Lipinski definition) is 4. The van der Waals surface area contributed by atoms with E-state index in [9.17, 15) is 4.79 Å². The fraction of sp³-hybridized carbons (Fsp3) is 0.500. The standard InChI is InChI=1S/C26H32ClN3OS/c27-20-12-13-25-23(18-20)30(22-9-4-5-10-24(22)32-25)26(31)11-3-1-2-6-14-28-16-17-29-15-7-8-21(29)19-28/h4-5,9-10,12-13,18,21H,1-3,6-8,11,14-17,19H2. The number of fused-ring (bicyclic) bond motifs is 3. The Morgan fingerprint density at radius 1 is 0.969 bits per heavy atom. The van der Waals surface area contributed by atoms with Crippen LogP contribution in [0.25, 0.3) is 0 Å². The number of hydrogen-bond donors (Lipinski definition) is 0. The molecule has 4 nitrogen and oxygen atoms in total. The first-order valence-corrected chi connectivity index (χ1v) is 13.2. The summed E-state index contributed by atoms with van der Waals surface area (Å²) in [6.07, 6.45) is 7.83. The zero-order valence-electron chi connectivity index (χ0n) is 18.6. The molecule has 0 saturated carbocycles. The van der Waals surface area contributed by atoms with Gasteiger partial charge in [-0.1, -0.05) is 48.3 Å². The van der Waals surface area contributed by atoms with E-state index in [1.54, 1.807) is 11.8 Å². The molecule has 6 heteroatoms. The van der Waals surface area contributed by atoms with Crippen molar-refractivity contribution >= 4 is 40.6 Å². The first-order valence-electron chi connectivity index (χ1n) is 12.0. The second-order valence-corrected chi connectivity index (χ2v) is 10.7. The number of anilines is 2. The highest BCUT2D eigenvalue weighted by Gasteiger charge is 2.30. The minimum atomic E-state index is 0.165. The van der Waals surface area contributed by atoms with Crippen molar-refractivity contribution < 1.29 is 4.79 Å². The van der Waals surface area contributed by atoms with Crippen LogP contribution in [0.3, 0.4) is 0 Å². The molecule has 1 amide bonds. The Balaban J connectivity index is 1.11. The Bertz CT molecular complexity index is 968. The van der Waals surface area contributed by atoms with E-state index in [4.69, 9.17) is 11.6 Å². The van der Waals surface area contributed by atoms with Crippen molar-refractivity contribution in [3.05, 3.63) is 47.5 Å². The Kier molecular flexibility index (Phi) is 7.08. The molecule has 0 bridgehead atoms. The van der Waals surface area contributed by atoms with Crippen LogP contribution in [0.2, 0.25) is 5.02 Å². The molecule has 2 fully saturated rings. The first-order chi connectivity index (χ1) is 15.7. The van der Waals surface area contributed by atoms with E-state index in [0.29, 0.717) is 11.4 Å². The van der Waals surface area contributed by atoms with E-state index < -0.39 is 0 Å². The smallest absolute Gasteiger partial charge is 0.231 e. The van der Waals surface area contributed by atoms with Gasteiger partial charge >= 0.3 is 0 Å². The second-order valence-electron chi connectivity index (χ2n) is 9.21. The summed E-state index contributed by atoms with van der Waals surface area (Å²) in [4.78, 5) is 22.7. The number of carbonyl (C=O) groups is 1. The normalized spacial score (nSPS) is 20.7. The number of benzene rings is 2. The van der Waals surface area contributed by atoms with Crippen LogP contribution in [-0.2, 0) is 4.79 Å². The van der Waals surface area contributed by atoms with Gasteiger partial charge in [-0.2, -0.15) is 0 Å². The number of piperazine rings is 1. The van der Waals surface area contributed by atoms with E-state index in [2.05, 4.69) is 15.9 Å². The van der Waals surface area contributed by atoms with Crippen LogP contribution in [0.1, 0.15) is 44.9 Å². The maximum absolute atomic E-state index is 13.3. The van der Waals surface area contributed by atoms with Crippen molar-refractivity contribution in [3.63, 3.8) is 0 Å². The number of para-hydroxylation sites is 1. The molecular formula is C26H32ClN3OS. The molecular weight excluding hydrogens is 438 g/mol. The zero-order chi connectivity index (χ0) is 21.9. The van der Waals surface area contributed by atoms with Crippen molar-refractivity contribution in [2.45, 2.75) is 60.8 Å². The van der Waals surface area contributed by atoms with Crippen molar-refractivity contribution in [1.82, 2.24) is 9.80 Å². The quantitative estimate of drug-likeness (QED) is 0.451. The number of unbranched alkanes of at least 4 members (excludes halogenated alkanes) is 3. The molecule has 3 heterocycles. The minimum absolute atomic E-state index is 0.165. The minimum Gasteiger partial charge on any atom is -0.301 e. The topological polar surface area (TPSA) is 26.8 Å².